The van der Waals surface area contributed by atoms with Crippen LogP contribution < -0.4 is 0 Å². The molecule has 0 saturated carbocycles. The van der Waals surface area contributed by atoms with Gasteiger partial charge in [0.15, 0.2) is 0 Å². The molecule has 7 aromatic rings. The lowest BCUT2D eigenvalue weighted by molar-refractivity contribution is 0.416. The number of aryl methyl sites for hydroxylation is 2. The molecule has 0 spiro atoms. The molecular formula is C47H36. The summed E-state index contributed by atoms with van der Waals surface area (Å²) in [5.74, 6) is 0.217. The molecule has 2 aliphatic rings. The minimum atomic E-state index is -0.409. The van der Waals surface area contributed by atoms with Crippen LogP contribution in [0.25, 0.3) is 39.1 Å². The van der Waals surface area contributed by atoms with Gasteiger partial charge in [-0.15, -0.1) is 0 Å². The van der Waals surface area contributed by atoms with Crippen molar-refractivity contribution in [1.29, 1.82) is 0 Å². The van der Waals surface area contributed by atoms with E-state index in [9.17, 15) is 0 Å². The standard InChI is InChI=1S/C47H36/c1-31-17-24-40-41-25-18-32(2)28-44(41)46(43(40)27-31)47(38-13-5-3-6-14-38,39-15-7-4-8-16-39)45-26-23-34-20-22-37(30-42(34)45)36-21-19-33-11-9-10-12-35(33)29-36/h3-30,45-46H,1-2H3. The summed E-state index contributed by atoms with van der Waals surface area (Å²) >= 11 is 0. The molecule has 0 saturated heterocycles. The second kappa shape index (κ2) is 10.8. The van der Waals surface area contributed by atoms with Gasteiger partial charge in [0.25, 0.3) is 0 Å². The van der Waals surface area contributed by atoms with Crippen molar-refractivity contribution in [2.45, 2.75) is 31.1 Å². The highest BCUT2D eigenvalue weighted by Gasteiger charge is 2.53. The molecule has 0 heterocycles. The second-order valence-corrected chi connectivity index (χ2v) is 13.5. The van der Waals surface area contributed by atoms with Gasteiger partial charge in [0.05, 0.1) is 0 Å². The zero-order chi connectivity index (χ0) is 31.5. The first-order chi connectivity index (χ1) is 23.1. The lowest BCUT2D eigenvalue weighted by Gasteiger charge is -2.46. The highest BCUT2D eigenvalue weighted by atomic mass is 14.5. The average Bonchev–Trinajstić information content (AvgIpc) is 3.68. The van der Waals surface area contributed by atoms with Crippen LogP contribution in [-0.2, 0) is 5.41 Å². The zero-order valence-corrected chi connectivity index (χ0v) is 26.8. The Kier molecular flexibility index (Phi) is 6.40. The smallest absolute Gasteiger partial charge is 0.0415 e. The van der Waals surface area contributed by atoms with Crippen LogP contribution in [0.15, 0.2) is 164 Å². The van der Waals surface area contributed by atoms with Crippen LogP contribution in [0, 0.1) is 13.8 Å². The fourth-order valence-corrected chi connectivity index (χ4v) is 8.70. The number of benzene rings is 7. The summed E-state index contributed by atoms with van der Waals surface area (Å²) < 4.78 is 0. The van der Waals surface area contributed by atoms with Gasteiger partial charge in [-0.3, -0.25) is 0 Å². The summed E-state index contributed by atoms with van der Waals surface area (Å²) in [6, 6.07) is 59.5. The van der Waals surface area contributed by atoms with Gasteiger partial charge in [-0.1, -0.05) is 169 Å². The number of rotatable bonds is 5. The normalized spacial score (nSPS) is 15.1. The topological polar surface area (TPSA) is 0 Å². The first-order valence-electron chi connectivity index (χ1n) is 16.7. The van der Waals surface area contributed by atoms with Crippen molar-refractivity contribution >= 4 is 16.8 Å². The van der Waals surface area contributed by atoms with Gasteiger partial charge in [0.1, 0.15) is 0 Å². The molecular weight excluding hydrogens is 565 g/mol. The first kappa shape index (κ1) is 27.8. The molecule has 0 aliphatic heterocycles. The van der Waals surface area contributed by atoms with Crippen molar-refractivity contribution in [3.63, 3.8) is 0 Å². The van der Waals surface area contributed by atoms with E-state index in [1.165, 1.54) is 77.5 Å². The van der Waals surface area contributed by atoms with Gasteiger partial charge in [0.2, 0.25) is 0 Å². The number of fused-ring (bicyclic) bond motifs is 5. The number of hydrogen-bond donors (Lipinski definition) is 0. The van der Waals surface area contributed by atoms with E-state index >= 15 is 0 Å². The Morgan fingerprint density at radius 2 is 1.00 bits per heavy atom. The van der Waals surface area contributed by atoms with Crippen molar-refractivity contribution in [3.8, 4) is 22.3 Å². The summed E-state index contributed by atoms with van der Waals surface area (Å²) in [4.78, 5) is 0. The van der Waals surface area contributed by atoms with Gasteiger partial charge >= 0.3 is 0 Å². The molecule has 2 aliphatic carbocycles. The Bertz CT molecular complexity index is 2230. The third-order valence-corrected chi connectivity index (χ3v) is 10.7. The Morgan fingerprint density at radius 1 is 0.447 bits per heavy atom. The summed E-state index contributed by atoms with van der Waals surface area (Å²) in [5.41, 5.74) is 15.7. The quantitative estimate of drug-likeness (QED) is 0.184. The minimum Gasteiger partial charge on any atom is -0.0751 e. The molecule has 1 unspecified atom stereocenters. The molecule has 0 nitrogen and oxygen atoms in total. The third kappa shape index (κ3) is 4.29. The Morgan fingerprint density at radius 3 is 1.64 bits per heavy atom. The zero-order valence-electron chi connectivity index (χ0n) is 26.8. The maximum absolute atomic E-state index is 2.50. The van der Waals surface area contributed by atoms with Crippen LogP contribution in [0.4, 0.5) is 0 Å². The van der Waals surface area contributed by atoms with Crippen LogP contribution >= 0.6 is 0 Å². The molecule has 47 heavy (non-hydrogen) atoms. The predicted molar refractivity (Wildman–Crippen MR) is 198 cm³/mol. The monoisotopic (exact) mass is 600 g/mol. The van der Waals surface area contributed by atoms with Crippen molar-refractivity contribution in [2.75, 3.05) is 0 Å². The van der Waals surface area contributed by atoms with E-state index < -0.39 is 5.41 Å². The molecule has 0 fully saturated rings. The fraction of sp³-hybridized carbons (Fsp3) is 0.106. The van der Waals surface area contributed by atoms with Crippen LogP contribution in [-0.4, -0.2) is 0 Å². The van der Waals surface area contributed by atoms with E-state index in [-0.39, 0.29) is 11.8 Å². The van der Waals surface area contributed by atoms with E-state index in [1.54, 1.807) is 0 Å². The Balaban J connectivity index is 1.35. The van der Waals surface area contributed by atoms with Crippen LogP contribution in [0.3, 0.4) is 0 Å². The molecule has 0 N–H and O–H groups in total. The maximum Gasteiger partial charge on any atom is 0.0415 e. The van der Waals surface area contributed by atoms with Gasteiger partial charge in [-0.25, -0.2) is 0 Å². The van der Waals surface area contributed by atoms with Crippen molar-refractivity contribution < 1.29 is 0 Å². The summed E-state index contributed by atoms with van der Waals surface area (Å²) in [5, 5.41) is 2.54. The second-order valence-electron chi connectivity index (χ2n) is 13.5. The molecule has 224 valence electrons. The maximum atomic E-state index is 2.50. The van der Waals surface area contributed by atoms with Crippen molar-refractivity contribution in [2.24, 2.45) is 0 Å². The average molecular weight is 601 g/mol. The van der Waals surface area contributed by atoms with Gasteiger partial charge in [-0.2, -0.15) is 0 Å². The summed E-state index contributed by atoms with van der Waals surface area (Å²) in [6.07, 6.45) is 4.87. The van der Waals surface area contributed by atoms with Crippen molar-refractivity contribution in [1.82, 2.24) is 0 Å². The van der Waals surface area contributed by atoms with Crippen LogP contribution in [0.5, 0.6) is 0 Å². The third-order valence-electron chi connectivity index (χ3n) is 10.7. The highest BCUT2D eigenvalue weighted by Crippen LogP contribution is 2.63. The van der Waals surface area contributed by atoms with Gasteiger partial charge in [0, 0.05) is 17.3 Å². The van der Waals surface area contributed by atoms with E-state index in [4.69, 9.17) is 0 Å². The Labute approximate surface area is 277 Å². The molecule has 0 bridgehead atoms. The lowest BCUT2D eigenvalue weighted by Crippen LogP contribution is -2.40. The highest BCUT2D eigenvalue weighted by molar-refractivity contribution is 5.88. The molecule has 0 radical (unpaired) electrons. The van der Waals surface area contributed by atoms with Crippen molar-refractivity contribution in [3.05, 3.63) is 208 Å². The van der Waals surface area contributed by atoms with E-state index in [1.807, 2.05) is 0 Å². The fourth-order valence-electron chi connectivity index (χ4n) is 8.70. The molecule has 1 atom stereocenters. The largest absolute Gasteiger partial charge is 0.0751 e. The Hall–Kier alpha value is -5.46. The number of hydrogen-bond acceptors (Lipinski definition) is 0. The molecule has 0 heteroatoms. The summed E-state index contributed by atoms with van der Waals surface area (Å²) in [7, 11) is 0. The van der Waals surface area contributed by atoms with E-state index in [2.05, 4.69) is 184 Å². The number of allylic oxidation sites excluding steroid dienone is 1. The molecule has 9 rings (SSSR count). The summed E-state index contributed by atoms with van der Waals surface area (Å²) in [6.45, 7) is 4.47. The minimum absolute atomic E-state index is 0.104. The van der Waals surface area contributed by atoms with Crippen LogP contribution in [0.2, 0.25) is 0 Å². The molecule has 0 aromatic heterocycles. The van der Waals surface area contributed by atoms with E-state index in [0.29, 0.717) is 0 Å². The van der Waals surface area contributed by atoms with Gasteiger partial charge in [-0.05, 0) is 92.4 Å². The van der Waals surface area contributed by atoms with Crippen LogP contribution in [0.1, 0.15) is 56.3 Å². The van der Waals surface area contributed by atoms with E-state index in [0.717, 1.165) is 0 Å². The molecule has 0 amide bonds. The lowest BCUT2D eigenvalue weighted by atomic mass is 9.55. The first-order valence-corrected chi connectivity index (χ1v) is 16.7. The van der Waals surface area contributed by atoms with Gasteiger partial charge < -0.3 is 0 Å². The predicted octanol–water partition coefficient (Wildman–Crippen LogP) is 12.0. The molecule has 7 aromatic carbocycles. The SMILES string of the molecule is Cc1ccc2c(c1)C(C(c1ccccc1)(c1ccccc1)C1C=Cc3ccc(-c4ccc5ccccc5c4)cc31)c1cc(C)ccc1-2.